The molecule has 0 heterocycles. The van der Waals surface area contributed by atoms with E-state index in [1.54, 1.807) is 36.4 Å². The number of rotatable bonds is 5. The number of ketones is 1. The first kappa shape index (κ1) is 14.3. The monoisotopic (exact) mass is 290 g/mol. The van der Waals surface area contributed by atoms with Crippen LogP contribution in [0.4, 0.5) is 0 Å². The lowest BCUT2D eigenvalue weighted by molar-refractivity contribution is 0.102. The number of hydrogen-bond acceptors (Lipinski definition) is 4. The van der Waals surface area contributed by atoms with Gasteiger partial charge in [0.2, 0.25) is 0 Å². The predicted octanol–water partition coefficient (Wildman–Crippen LogP) is 2.35. The van der Waals surface area contributed by atoms with E-state index in [-0.39, 0.29) is 4.90 Å². The summed E-state index contributed by atoms with van der Waals surface area (Å²) in [4.78, 5) is 12.2. The minimum Gasteiger partial charge on any atom is -0.497 e. The summed E-state index contributed by atoms with van der Waals surface area (Å²) in [7, 11) is -2.13. The highest BCUT2D eigenvalue weighted by atomic mass is 32.2. The van der Waals surface area contributed by atoms with Gasteiger partial charge in [-0.05, 0) is 24.3 Å². The average Bonchev–Trinajstić information content (AvgIpc) is 2.48. The smallest absolute Gasteiger partial charge is 0.185 e. The van der Waals surface area contributed by atoms with Crippen molar-refractivity contribution in [1.82, 2.24) is 0 Å². The van der Waals surface area contributed by atoms with Gasteiger partial charge in [-0.25, -0.2) is 8.42 Å². The summed E-state index contributed by atoms with van der Waals surface area (Å²) in [6.45, 7) is 0. The fourth-order valence-electron chi connectivity index (χ4n) is 1.76. The van der Waals surface area contributed by atoms with Crippen LogP contribution in [0.3, 0.4) is 0 Å². The van der Waals surface area contributed by atoms with E-state index in [1.807, 2.05) is 0 Å². The number of hydrogen-bond donors (Lipinski definition) is 0. The Morgan fingerprint density at radius 1 is 1.05 bits per heavy atom. The average molecular weight is 290 g/mol. The molecular formula is C15H14O4S. The third-order valence-corrected chi connectivity index (χ3v) is 4.45. The Bertz CT molecular complexity index is 706. The van der Waals surface area contributed by atoms with Gasteiger partial charge in [-0.15, -0.1) is 0 Å². The number of carbonyl (C=O) groups excluding carboxylic acids is 1. The normalized spacial score (nSPS) is 11.1. The van der Waals surface area contributed by atoms with E-state index in [2.05, 4.69) is 0 Å². The van der Waals surface area contributed by atoms with Gasteiger partial charge in [0.05, 0.1) is 12.0 Å². The minimum atomic E-state index is -3.62. The van der Waals surface area contributed by atoms with Crippen molar-refractivity contribution < 1.29 is 17.9 Å². The molecule has 0 amide bonds. The van der Waals surface area contributed by atoms with E-state index in [1.165, 1.54) is 25.3 Å². The number of benzene rings is 2. The SMILES string of the molecule is COc1cccc(C(=O)CS(=O)(=O)c2ccccc2)c1. The first-order valence-corrected chi connectivity index (χ1v) is 7.63. The Hall–Kier alpha value is -2.14. The summed E-state index contributed by atoms with van der Waals surface area (Å²) >= 11 is 0. The molecule has 0 saturated carbocycles. The Labute approximate surface area is 117 Å². The molecule has 0 bridgehead atoms. The first-order valence-electron chi connectivity index (χ1n) is 5.98. The Kier molecular flexibility index (Phi) is 4.20. The second kappa shape index (κ2) is 5.88. The lowest BCUT2D eigenvalue weighted by Crippen LogP contribution is -2.16. The zero-order valence-corrected chi connectivity index (χ0v) is 11.8. The van der Waals surface area contributed by atoms with Crippen molar-refractivity contribution >= 4 is 15.6 Å². The summed E-state index contributed by atoms with van der Waals surface area (Å²) in [6, 6.07) is 14.4. The predicted molar refractivity (Wildman–Crippen MR) is 75.8 cm³/mol. The van der Waals surface area contributed by atoms with E-state index in [9.17, 15) is 13.2 Å². The molecule has 0 saturated heterocycles. The van der Waals surface area contributed by atoms with Crippen LogP contribution in [0.5, 0.6) is 5.75 Å². The number of ether oxygens (including phenoxy) is 1. The maximum atomic E-state index is 12.1. The van der Waals surface area contributed by atoms with Crippen LogP contribution in [-0.2, 0) is 9.84 Å². The number of Topliss-reactive ketones (excluding diaryl/α,β-unsaturated/α-hetero) is 1. The molecule has 0 N–H and O–H groups in total. The van der Waals surface area contributed by atoms with Crippen LogP contribution in [-0.4, -0.2) is 27.1 Å². The molecule has 4 nitrogen and oxygen atoms in total. The summed E-state index contributed by atoms with van der Waals surface area (Å²) in [5, 5.41) is 0. The summed E-state index contributed by atoms with van der Waals surface area (Å²) in [5.41, 5.74) is 0.323. The van der Waals surface area contributed by atoms with Crippen molar-refractivity contribution in [3.8, 4) is 5.75 Å². The van der Waals surface area contributed by atoms with Gasteiger partial charge in [-0.1, -0.05) is 30.3 Å². The molecule has 0 aliphatic heterocycles. The highest BCUT2D eigenvalue weighted by Crippen LogP contribution is 2.16. The lowest BCUT2D eigenvalue weighted by Gasteiger charge is -2.05. The third kappa shape index (κ3) is 3.24. The summed E-state index contributed by atoms with van der Waals surface area (Å²) < 4.78 is 29.3. The molecule has 0 aliphatic rings. The van der Waals surface area contributed by atoms with Gasteiger partial charge in [0, 0.05) is 5.56 Å². The van der Waals surface area contributed by atoms with Crippen molar-refractivity contribution in [2.75, 3.05) is 12.9 Å². The van der Waals surface area contributed by atoms with Gasteiger partial charge in [-0.2, -0.15) is 0 Å². The molecule has 2 aromatic rings. The number of carbonyl (C=O) groups is 1. The number of methoxy groups -OCH3 is 1. The third-order valence-electron chi connectivity index (χ3n) is 2.82. The van der Waals surface area contributed by atoms with E-state index >= 15 is 0 Å². The van der Waals surface area contributed by atoms with Gasteiger partial charge in [0.1, 0.15) is 11.5 Å². The maximum absolute atomic E-state index is 12.1. The fourth-order valence-corrected chi connectivity index (χ4v) is 3.01. The molecule has 0 spiro atoms. The van der Waals surface area contributed by atoms with Crippen LogP contribution in [0.2, 0.25) is 0 Å². The van der Waals surface area contributed by atoms with Crippen LogP contribution in [0.15, 0.2) is 59.5 Å². The van der Waals surface area contributed by atoms with E-state index in [0.29, 0.717) is 11.3 Å². The molecule has 0 aliphatic carbocycles. The quantitative estimate of drug-likeness (QED) is 0.793. The molecule has 0 radical (unpaired) electrons. The van der Waals surface area contributed by atoms with Crippen molar-refractivity contribution in [3.63, 3.8) is 0 Å². The van der Waals surface area contributed by atoms with Crippen LogP contribution in [0.25, 0.3) is 0 Å². The van der Waals surface area contributed by atoms with Crippen molar-refractivity contribution in [2.24, 2.45) is 0 Å². The molecule has 5 heteroatoms. The first-order chi connectivity index (χ1) is 9.53. The Balaban J connectivity index is 2.23. The van der Waals surface area contributed by atoms with Crippen molar-refractivity contribution in [1.29, 1.82) is 0 Å². The summed E-state index contributed by atoms with van der Waals surface area (Å²) in [6.07, 6.45) is 0. The van der Waals surface area contributed by atoms with Crippen LogP contribution < -0.4 is 4.74 Å². The molecule has 20 heavy (non-hydrogen) atoms. The van der Waals surface area contributed by atoms with Gasteiger partial charge < -0.3 is 4.74 Å². The highest BCUT2D eigenvalue weighted by molar-refractivity contribution is 7.92. The van der Waals surface area contributed by atoms with Gasteiger partial charge >= 0.3 is 0 Å². The molecule has 0 fully saturated rings. The lowest BCUT2D eigenvalue weighted by atomic mass is 10.1. The Morgan fingerprint density at radius 2 is 1.75 bits per heavy atom. The molecule has 104 valence electrons. The van der Waals surface area contributed by atoms with Crippen LogP contribution >= 0.6 is 0 Å². The Morgan fingerprint density at radius 3 is 2.40 bits per heavy atom. The van der Waals surface area contributed by atoms with Crippen LogP contribution in [0.1, 0.15) is 10.4 Å². The van der Waals surface area contributed by atoms with Crippen LogP contribution in [0, 0.1) is 0 Å². The van der Waals surface area contributed by atoms with Gasteiger partial charge in [0.15, 0.2) is 15.6 Å². The second-order valence-electron chi connectivity index (χ2n) is 4.23. The summed E-state index contributed by atoms with van der Waals surface area (Å²) in [5.74, 6) is -0.481. The number of sulfone groups is 1. The zero-order valence-electron chi connectivity index (χ0n) is 10.9. The van der Waals surface area contributed by atoms with Crippen molar-refractivity contribution in [3.05, 3.63) is 60.2 Å². The van der Waals surface area contributed by atoms with Gasteiger partial charge in [0.25, 0.3) is 0 Å². The molecule has 2 rings (SSSR count). The maximum Gasteiger partial charge on any atom is 0.185 e. The largest absolute Gasteiger partial charge is 0.497 e. The molecule has 2 aromatic carbocycles. The molecular weight excluding hydrogens is 276 g/mol. The molecule has 0 unspecified atom stereocenters. The fraction of sp³-hybridized carbons (Fsp3) is 0.133. The molecule has 0 atom stereocenters. The van der Waals surface area contributed by atoms with E-state index < -0.39 is 21.4 Å². The minimum absolute atomic E-state index is 0.149. The van der Waals surface area contributed by atoms with Gasteiger partial charge in [-0.3, -0.25) is 4.79 Å². The highest BCUT2D eigenvalue weighted by Gasteiger charge is 2.20. The van der Waals surface area contributed by atoms with E-state index in [0.717, 1.165) is 0 Å². The van der Waals surface area contributed by atoms with E-state index in [4.69, 9.17) is 4.74 Å². The standard InChI is InChI=1S/C15H14O4S/c1-19-13-7-5-6-12(10-13)15(16)11-20(17,18)14-8-3-2-4-9-14/h2-10H,11H2,1H3. The molecule has 0 aromatic heterocycles. The topological polar surface area (TPSA) is 60.4 Å². The zero-order chi connectivity index (χ0) is 14.6. The second-order valence-corrected chi connectivity index (χ2v) is 6.22. The van der Waals surface area contributed by atoms with Crippen molar-refractivity contribution in [2.45, 2.75) is 4.90 Å².